The molecule has 5 nitrogen and oxygen atoms in total. The number of aliphatic carboxylic acids is 1. The Morgan fingerprint density at radius 2 is 1.89 bits per heavy atom. The molecule has 0 bridgehead atoms. The van der Waals surface area contributed by atoms with E-state index >= 15 is 0 Å². The molecule has 0 heterocycles. The number of hydrogen-bond acceptors (Lipinski definition) is 2. The number of rotatable bonds is 7. The van der Waals surface area contributed by atoms with Gasteiger partial charge in [-0.15, -0.1) is 0 Å². The predicted molar refractivity (Wildman–Crippen MR) is 69.4 cm³/mol. The lowest BCUT2D eigenvalue weighted by Crippen LogP contribution is -2.48. The van der Waals surface area contributed by atoms with Crippen molar-refractivity contribution < 1.29 is 14.7 Å². The van der Waals surface area contributed by atoms with Gasteiger partial charge >= 0.3 is 12.0 Å². The van der Waals surface area contributed by atoms with Crippen LogP contribution in [0.1, 0.15) is 46.5 Å². The van der Waals surface area contributed by atoms with Gasteiger partial charge in [0, 0.05) is 12.1 Å². The third-order valence-electron chi connectivity index (χ3n) is 3.66. The minimum Gasteiger partial charge on any atom is -0.480 e. The normalized spacial score (nSPS) is 16.4. The number of nitrogens with zero attached hydrogens (tertiary/aromatic N) is 1. The zero-order chi connectivity index (χ0) is 13.7. The molecule has 2 amide bonds. The molecule has 18 heavy (non-hydrogen) atoms. The molecule has 0 spiro atoms. The van der Waals surface area contributed by atoms with Crippen molar-refractivity contribution in [1.29, 1.82) is 0 Å². The summed E-state index contributed by atoms with van der Waals surface area (Å²) in [6.45, 7) is 5.99. The molecule has 1 rings (SSSR count). The molecule has 1 fully saturated rings. The third-order valence-corrected chi connectivity index (χ3v) is 3.66. The number of carbonyl (C=O) groups excluding carboxylic acids is 1. The van der Waals surface area contributed by atoms with E-state index in [1.807, 2.05) is 6.92 Å². The highest BCUT2D eigenvalue weighted by Crippen LogP contribution is 2.26. The van der Waals surface area contributed by atoms with Crippen LogP contribution in [0, 0.1) is 5.92 Å². The Balaban J connectivity index is 2.52. The van der Waals surface area contributed by atoms with Crippen molar-refractivity contribution in [3.63, 3.8) is 0 Å². The van der Waals surface area contributed by atoms with E-state index in [4.69, 9.17) is 5.11 Å². The van der Waals surface area contributed by atoms with Crippen molar-refractivity contribution in [2.24, 2.45) is 5.92 Å². The van der Waals surface area contributed by atoms with Crippen LogP contribution in [0.15, 0.2) is 0 Å². The Morgan fingerprint density at radius 3 is 2.28 bits per heavy atom. The minimum absolute atomic E-state index is 0.0857. The molecule has 0 aromatic heterocycles. The van der Waals surface area contributed by atoms with Crippen LogP contribution in [0.25, 0.3) is 0 Å². The summed E-state index contributed by atoms with van der Waals surface area (Å²) >= 11 is 0. The van der Waals surface area contributed by atoms with Gasteiger partial charge in [-0.2, -0.15) is 0 Å². The molecular weight excluding hydrogens is 232 g/mol. The van der Waals surface area contributed by atoms with Gasteiger partial charge in [0.15, 0.2) is 0 Å². The number of carboxylic acid groups (broad SMARTS) is 1. The van der Waals surface area contributed by atoms with Crippen LogP contribution in [0.3, 0.4) is 0 Å². The second-order valence-electron chi connectivity index (χ2n) is 5.07. The average Bonchev–Trinajstić information content (AvgIpc) is 3.10. The predicted octanol–water partition coefficient (Wildman–Crippen LogP) is 2.07. The standard InChI is InChI=1S/C13H24N2O3/c1-4-10(5-2)9(3)14-13(18)15(8-12(16)17)11-6-7-11/h9-11H,4-8H2,1-3H3,(H,14,18)(H,16,17). The highest BCUT2D eigenvalue weighted by atomic mass is 16.4. The molecule has 0 saturated heterocycles. The number of carbonyl (C=O) groups is 2. The van der Waals surface area contributed by atoms with E-state index in [-0.39, 0.29) is 24.7 Å². The monoisotopic (exact) mass is 256 g/mol. The lowest BCUT2D eigenvalue weighted by molar-refractivity contribution is -0.137. The van der Waals surface area contributed by atoms with Crippen molar-refractivity contribution in [2.75, 3.05) is 6.54 Å². The minimum atomic E-state index is -0.952. The van der Waals surface area contributed by atoms with Crippen LogP contribution >= 0.6 is 0 Å². The molecule has 0 aromatic rings. The summed E-state index contributed by atoms with van der Waals surface area (Å²) < 4.78 is 0. The van der Waals surface area contributed by atoms with Gasteiger partial charge < -0.3 is 15.3 Å². The number of amides is 2. The molecular formula is C13H24N2O3. The summed E-state index contributed by atoms with van der Waals surface area (Å²) in [4.78, 5) is 24.3. The zero-order valence-electron chi connectivity index (χ0n) is 11.5. The molecule has 0 aromatic carbocycles. The van der Waals surface area contributed by atoms with E-state index in [1.165, 1.54) is 4.90 Å². The first kappa shape index (κ1) is 14.8. The lowest BCUT2D eigenvalue weighted by atomic mass is 9.96. The molecule has 2 N–H and O–H groups in total. The molecule has 1 aliphatic rings. The molecule has 5 heteroatoms. The van der Waals surface area contributed by atoms with Crippen LogP contribution in [-0.2, 0) is 4.79 Å². The van der Waals surface area contributed by atoms with Gasteiger partial charge in [-0.05, 0) is 25.7 Å². The Labute approximate surface area is 109 Å². The lowest BCUT2D eigenvalue weighted by Gasteiger charge is -2.27. The zero-order valence-corrected chi connectivity index (χ0v) is 11.5. The van der Waals surface area contributed by atoms with Crippen molar-refractivity contribution in [1.82, 2.24) is 10.2 Å². The fourth-order valence-corrected chi connectivity index (χ4v) is 2.29. The highest BCUT2D eigenvalue weighted by Gasteiger charge is 2.34. The van der Waals surface area contributed by atoms with Gasteiger partial charge in [0.2, 0.25) is 0 Å². The number of nitrogens with one attached hydrogen (secondary N) is 1. The summed E-state index contributed by atoms with van der Waals surface area (Å²) in [7, 11) is 0. The maximum absolute atomic E-state index is 12.1. The van der Waals surface area contributed by atoms with Crippen LogP contribution < -0.4 is 5.32 Å². The molecule has 1 saturated carbocycles. The van der Waals surface area contributed by atoms with Crippen molar-refractivity contribution in [2.45, 2.75) is 58.5 Å². The van der Waals surface area contributed by atoms with E-state index < -0.39 is 5.97 Å². The second-order valence-corrected chi connectivity index (χ2v) is 5.07. The number of hydrogen-bond donors (Lipinski definition) is 2. The molecule has 1 unspecified atom stereocenters. The third kappa shape index (κ3) is 4.20. The first-order chi connectivity index (χ1) is 8.49. The Hall–Kier alpha value is -1.26. The summed E-state index contributed by atoms with van der Waals surface area (Å²) in [5.74, 6) is -0.507. The largest absolute Gasteiger partial charge is 0.480 e. The number of urea groups is 1. The Kier molecular flexibility index (Phi) is 5.44. The maximum Gasteiger partial charge on any atom is 0.323 e. The number of carboxylic acids is 1. The van der Waals surface area contributed by atoms with Crippen LogP contribution in [0.5, 0.6) is 0 Å². The van der Waals surface area contributed by atoms with E-state index in [9.17, 15) is 9.59 Å². The fourth-order valence-electron chi connectivity index (χ4n) is 2.29. The molecule has 1 atom stereocenters. The highest BCUT2D eigenvalue weighted by molar-refractivity contribution is 5.80. The Morgan fingerprint density at radius 1 is 1.33 bits per heavy atom. The maximum atomic E-state index is 12.1. The van der Waals surface area contributed by atoms with E-state index in [2.05, 4.69) is 19.2 Å². The molecule has 0 aliphatic heterocycles. The van der Waals surface area contributed by atoms with Gasteiger partial charge in [0.25, 0.3) is 0 Å². The van der Waals surface area contributed by atoms with E-state index in [1.54, 1.807) is 0 Å². The summed E-state index contributed by atoms with van der Waals surface area (Å²) in [6.07, 6.45) is 3.86. The van der Waals surface area contributed by atoms with Gasteiger partial charge in [-0.25, -0.2) is 4.79 Å². The second kappa shape index (κ2) is 6.61. The average molecular weight is 256 g/mol. The summed E-state index contributed by atoms with van der Waals surface area (Å²) in [5.41, 5.74) is 0. The van der Waals surface area contributed by atoms with E-state index in [0.717, 1.165) is 25.7 Å². The smallest absolute Gasteiger partial charge is 0.323 e. The quantitative estimate of drug-likeness (QED) is 0.732. The van der Waals surface area contributed by atoms with E-state index in [0.29, 0.717) is 5.92 Å². The fraction of sp³-hybridized carbons (Fsp3) is 0.846. The van der Waals surface area contributed by atoms with Gasteiger partial charge in [0.05, 0.1) is 0 Å². The van der Waals surface area contributed by atoms with Crippen molar-refractivity contribution >= 4 is 12.0 Å². The van der Waals surface area contributed by atoms with Crippen molar-refractivity contribution in [3.8, 4) is 0 Å². The summed E-state index contributed by atoms with van der Waals surface area (Å²) in [5, 5.41) is 11.8. The van der Waals surface area contributed by atoms with Gasteiger partial charge in [-0.3, -0.25) is 4.79 Å². The first-order valence-corrected chi connectivity index (χ1v) is 6.78. The molecule has 0 radical (unpaired) electrons. The first-order valence-electron chi connectivity index (χ1n) is 6.78. The molecule has 1 aliphatic carbocycles. The van der Waals surface area contributed by atoms with Crippen LogP contribution in [0.2, 0.25) is 0 Å². The van der Waals surface area contributed by atoms with Gasteiger partial charge in [0.1, 0.15) is 6.54 Å². The van der Waals surface area contributed by atoms with Crippen LogP contribution in [-0.4, -0.2) is 40.6 Å². The van der Waals surface area contributed by atoms with Crippen LogP contribution in [0.4, 0.5) is 4.79 Å². The SMILES string of the molecule is CCC(CC)C(C)NC(=O)N(CC(=O)O)C1CC1. The van der Waals surface area contributed by atoms with Gasteiger partial charge in [-0.1, -0.05) is 26.7 Å². The summed E-state index contributed by atoms with van der Waals surface area (Å²) in [6, 6.07) is -0.0307. The topological polar surface area (TPSA) is 69.6 Å². The van der Waals surface area contributed by atoms with Crippen molar-refractivity contribution in [3.05, 3.63) is 0 Å². The molecule has 104 valence electrons. The Bertz CT molecular complexity index is 299.